The van der Waals surface area contributed by atoms with Crippen molar-refractivity contribution in [1.29, 1.82) is 0 Å². The number of anilines is 1. The molecule has 0 radical (unpaired) electrons. The van der Waals surface area contributed by atoms with Gasteiger partial charge in [-0.2, -0.15) is 0 Å². The standard InChI is InChI=1S/C19H16N2O3/c1-20-11-16(14-7-2-3-8-17(14)20)15-10-18(23)21(19(15)24)12-5-4-6-13(22)9-12/h2-9,11,15,22H,10H2,1H3/t15-/m0/s1. The van der Waals surface area contributed by atoms with Crippen molar-refractivity contribution in [3.05, 3.63) is 60.3 Å². The van der Waals surface area contributed by atoms with Crippen LogP contribution in [0.25, 0.3) is 10.9 Å². The minimum atomic E-state index is -0.494. The minimum Gasteiger partial charge on any atom is -0.508 e. The van der Waals surface area contributed by atoms with E-state index in [1.165, 1.54) is 17.0 Å². The lowest BCUT2D eigenvalue weighted by molar-refractivity contribution is -0.121. The van der Waals surface area contributed by atoms with Gasteiger partial charge in [-0.3, -0.25) is 9.59 Å². The molecule has 4 rings (SSSR count). The largest absolute Gasteiger partial charge is 0.508 e. The van der Waals surface area contributed by atoms with Gasteiger partial charge in [-0.15, -0.1) is 0 Å². The Hall–Kier alpha value is -3.08. The molecule has 1 saturated heterocycles. The Morgan fingerprint density at radius 3 is 2.67 bits per heavy atom. The van der Waals surface area contributed by atoms with Gasteiger partial charge in [0.15, 0.2) is 0 Å². The molecule has 2 heterocycles. The highest BCUT2D eigenvalue weighted by molar-refractivity contribution is 6.23. The average molecular weight is 320 g/mol. The third-order valence-corrected chi connectivity index (χ3v) is 4.54. The molecule has 2 amide bonds. The van der Waals surface area contributed by atoms with Gasteiger partial charge in [0, 0.05) is 36.6 Å². The number of benzene rings is 2. The van der Waals surface area contributed by atoms with Crippen LogP contribution < -0.4 is 4.90 Å². The van der Waals surface area contributed by atoms with Crippen molar-refractivity contribution in [2.24, 2.45) is 7.05 Å². The van der Waals surface area contributed by atoms with Crippen LogP contribution in [0.3, 0.4) is 0 Å². The van der Waals surface area contributed by atoms with E-state index in [1.807, 2.05) is 42.1 Å². The molecule has 1 aliphatic heterocycles. The second kappa shape index (κ2) is 5.23. The first-order valence-electron chi connectivity index (χ1n) is 7.76. The zero-order chi connectivity index (χ0) is 16.8. The molecule has 2 aromatic carbocycles. The molecule has 3 aromatic rings. The highest BCUT2D eigenvalue weighted by Crippen LogP contribution is 2.37. The van der Waals surface area contributed by atoms with Crippen LogP contribution in [0.15, 0.2) is 54.7 Å². The Bertz CT molecular complexity index is 974. The SMILES string of the molecule is Cn1cc([C@@H]2CC(=O)N(c3cccc(O)c3)C2=O)c2ccccc21. The number of aromatic nitrogens is 1. The van der Waals surface area contributed by atoms with Crippen LogP contribution in [0, 0.1) is 0 Å². The van der Waals surface area contributed by atoms with Gasteiger partial charge in [0.05, 0.1) is 11.6 Å². The fourth-order valence-electron chi connectivity index (χ4n) is 3.43. The average Bonchev–Trinajstić information content (AvgIpc) is 3.05. The third kappa shape index (κ3) is 2.09. The quantitative estimate of drug-likeness (QED) is 0.739. The van der Waals surface area contributed by atoms with Crippen molar-refractivity contribution < 1.29 is 14.7 Å². The smallest absolute Gasteiger partial charge is 0.241 e. The molecule has 0 saturated carbocycles. The molecule has 1 aliphatic rings. The van der Waals surface area contributed by atoms with Crippen LogP contribution >= 0.6 is 0 Å². The summed E-state index contributed by atoms with van der Waals surface area (Å²) in [6.45, 7) is 0. The summed E-state index contributed by atoms with van der Waals surface area (Å²) in [5, 5.41) is 10.6. The molecular weight excluding hydrogens is 304 g/mol. The summed E-state index contributed by atoms with van der Waals surface area (Å²) in [6, 6.07) is 14.1. The molecule has 1 N–H and O–H groups in total. The highest BCUT2D eigenvalue weighted by atomic mass is 16.3. The number of fused-ring (bicyclic) bond motifs is 1. The zero-order valence-electron chi connectivity index (χ0n) is 13.1. The summed E-state index contributed by atoms with van der Waals surface area (Å²) in [4.78, 5) is 26.5. The zero-order valence-corrected chi connectivity index (χ0v) is 13.1. The number of phenolic OH excluding ortho intramolecular Hbond substituents is 1. The molecular formula is C19H16N2O3. The van der Waals surface area contributed by atoms with E-state index in [4.69, 9.17) is 0 Å². The first-order valence-corrected chi connectivity index (χ1v) is 7.76. The fraction of sp³-hybridized carbons (Fsp3) is 0.158. The van der Waals surface area contributed by atoms with Gasteiger partial charge in [0.2, 0.25) is 11.8 Å². The summed E-state index contributed by atoms with van der Waals surface area (Å²) in [5.74, 6) is -0.960. The summed E-state index contributed by atoms with van der Waals surface area (Å²) in [7, 11) is 1.93. The van der Waals surface area contributed by atoms with Crippen molar-refractivity contribution in [3.63, 3.8) is 0 Å². The Kier molecular flexibility index (Phi) is 3.16. The van der Waals surface area contributed by atoms with E-state index in [-0.39, 0.29) is 24.0 Å². The van der Waals surface area contributed by atoms with Gasteiger partial charge >= 0.3 is 0 Å². The van der Waals surface area contributed by atoms with Gasteiger partial charge in [0.1, 0.15) is 5.75 Å². The van der Waals surface area contributed by atoms with Gasteiger partial charge in [0.25, 0.3) is 0 Å². The van der Waals surface area contributed by atoms with Crippen molar-refractivity contribution in [3.8, 4) is 5.75 Å². The maximum absolute atomic E-state index is 12.9. The number of amides is 2. The minimum absolute atomic E-state index is 0.0294. The number of hydrogen-bond acceptors (Lipinski definition) is 3. The molecule has 0 spiro atoms. The molecule has 0 bridgehead atoms. The van der Waals surface area contributed by atoms with Gasteiger partial charge < -0.3 is 9.67 Å². The maximum Gasteiger partial charge on any atom is 0.241 e. The van der Waals surface area contributed by atoms with E-state index in [0.29, 0.717) is 5.69 Å². The Morgan fingerprint density at radius 2 is 1.88 bits per heavy atom. The molecule has 0 unspecified atom stereocenters. The number of nitrogens with zero attached hydrogens (tertiary/aromatic N) is 2. The lowest BCUT2D eigenvalue weighted by Gasteiger charge is -2.15. The Morgan fingerprint density at radius 1 is 1.08 bits per heavy atom. The molecule has 5 nitrogen and oxygen atoms in total. The number of aromatic hydroxyl groups is 1. The predicted molar refractivity (Wildman–Crippen MR) is 90.9 cm³/mol. The molecule has 120 valence electrons. The van der Waals surface area contributed by atoms with Crippen LogP contribution in [-0.2, 0) is 16.6 Å². The second-order valence-electron chi connectivity index (χ2n) is 6.06. The normalized spacial score (nSPS) is 17.9. The highest BCUT2D eigenvalue weighted by Gasteiger charge is 2.41. The van der Waals surface area contributed by atoms with Crippen molar-refractivity contribution in [2.45, 2.75) is 12.3 Å². The monoisotopic (exact) mass is 320 g/mol. The summed E-state index contributed by atoms with van der Waals surface area (Å²) < 4.78 is 1.97. The van der Waals surface area contributed by atoms with E-state index >= 15 is 0 Å². The molecule has 1 atom stereocenters. The summed E-state index contributed by atoms with van der Waals surface area (Å²) >= 11 is 0. The first kappa shape index (κ1) is 14.5. The van der Waals surface area contributed by atoms with Crippen molar-refractivity contribution >= 4 is 28.4 Å². The van der Waals surface area contributed by atoms with E-state index < -0.39 is 5.92 Å². The van der Waals surface area contributed by atoms with E-state index in [1.54, 1.807) is 12.1 Å². The lowest BCUT2D eigenvalue weighted by atomic mass is 9.97. The molecule has 1 fully saturated rings. The predicted octanol–water partition coefficient (Wildman–Crippen LogP) is 2.93. The van der Waals surface area contributed by atoms with Gasteiger partial charge in [-0.05, 0) is 23.8 Å². The lowest BCUT2D eigenvalue weighted by Crippen LogP contribution is -2.29. The summed E-state index contributed by atoms with van der Waals surface area (Å²) in [6.07, 6.45) is 2.06. The number of carbonyl (C=O) groups excluding carboxylic acids is 2. The number of phenols is 1. The summed E-state index contributed by atoms with van der Waals surface area (Å²) in [5.41, 5.74) is 2.31. The molecule has 5 heteroatoms. The topological polar surface area (TPSA) is 62.5 Å². The van der Waals surface area contributed by atoms with E-state index in [0.717, 1.165) is 16.5 Å². The molecule has 1 aromatic heterocycles. The second-order valence-corrected chi connectivity index (χ2v) is 6.06. The van der Waals surface area contributed by atoms with Crippen LogP contribution in [0.4, 0.5) is 5.69 Å². The van der Waals surface area contributed by atoms with E-state index in [2.05, 4.69) is 0 Å². The maximum atomic E-state index is 12.9. The van der Waals surface area contributed by atoms with Crippen LogP contribution in [-0.4, -0.2) is 21.5 Å². The number of carbonyl (C=O) groups is 2. The van der Waals surface area contributed by atoms with Crippen molar-refractivity contribution in [1.82, 2.24) is 4.57 Å². The van der Waals surface area contributed by atoms with Crippen LogP contribution in [0.2, 0.25) is 0 Å². The van der Waals surface area contributed by atoms with E-state index in [9.17, 15) is 14.7 Å². The number of imide groups is 1. The number of hydrogen-bond donors (Lipinski definition) is 1. The Balaban J connectivity index is 1.78. The molecule has 24 heavy (non-hydrogen) atoms. The number of rotatable bonds is 2. The van der Waals surface area contributed by atoms with Gasteiger partial charge in [-0.25, -0.2) is 4.90 Å². The molecule has 0 aliphatic carbocycles. The van der Waals surface area contributed by atoms with Crippen molar-refractivity contribution in [2.75, 3.05) is 4.90 Å². The fourth-order valence-corrected chi connectivity index (χ4v) is 3.43. The Labute approximate surface area is 138 Å². The van der Waals surface area contributed by atoms with Gasteiger partial charge in [-0.1, -0.05) is 24.3 Å². The first-order chi connectivity index (χ1) is 11.6. The third-order valence-electron chi connectivity index (χ3n) is 4.54. The van der Waals surface area contributed by atoms with Crippen LogP contribution in [0.5, 0.6) is 5.75 Å². The van der Waals surface area contributed by atoms with Crippen LogP contribution in [0.1, 0.15) is 17.9 Å². The number of para-hydroxylation sites is 1. The number of aryl methyl sites for hydroxylation is 1.